The van der Waals surface area contributed by atoms with Crippen LogP contribution < -0.4 is 0 Å². The van der Waals surface area contributed by atoms with Crippen LogP contribution in [-0.2, 0) is 9.53 Å². The molecular weight excluding hydrogens is 200 g/mol. The van der Waals surface area contributed by atoms with Gasteiger partial charge < -0.3 is 4.74 Å². The Morgan fingerprint density at radius 2 is 1.94 bits per heavy atom. The van der Waals surface area contributed by atoms with Crippen LogP contribution >= 0.6 is 0 Å². The van der Waals surface area contributed by atoms with Crippen LogP contribution in [0.15, 0.2) is 12.2 Å². The van der Waals surface area contributed by atoms with E-state index < -0.39 is 5.60 Å². The van der Waals surface area contributed by atoms with Gasteiger partial charge in [0.2, 0.25) is 0 Å². The number of hydrogen-bond donors (Lipinski definition) is 0. The standard InChI is InChI=1S/C14H20O2/c1-11(2)7-10-14(8-5-6-9-14)16-13(15)12(3)4/h11H,3,5-6,8-9H2,1-2,4H3. The molecule has 0 aliphatic heterocycles. The number of ether oxygens (including phenoxy) is 1. The van der Waals surface area contributed by atoms with E-state index in [-0.39, 0.29) is 5.97 Å². The lowest BCUT2D eigenvalue weighted by molar-refractivity contribution is -0.148. The van der Waals surface area contributed by atoms with Crippen LogP contribution in [0.5, 0.6) is 0 Å². The lowest BCUT2D eigenvalue weighted by Gasteiger charge is -2.23. The zero-order chi connectivity index (χ0) is 12.2. The van der Waals surface area contributed by atoms with Crippen molar-refractivity contribution < 1.29 is 9.53 Å². The van der Waals surface area contributed by atoms with E-state index >= 15 is 0 Å². The summed E-state index contributed by atoms with van der Waals surface area (Å²) < 4.78 is 5.50. The predicted octanol–water partition coefficient (Wildman–Crippen LogP) is 3.08. The van der Waals surface area contributed by atoms with Gasteiger partial charge >= 0.3 is 5.97 Å². The van der Waals surface area contributed by atoms with Crippen LogP contribution in [-0.4, -0.2) is 11.6 Å². The molecule has 0 spiro atoms. The lowest BCUT2D eigenvalue weighted by Crippen LogP contribution is -2.30. The van der Waals surface area contributed by atoms with Crippen molar-refractivity contribution in [1.29, 1.82) is 0 Å². The van der Waals surface area contributed by atoms with Gasteiger partial charge in [0.25, 0.3) is 0 Å². The molecule has 1 fully saturated rings. The van der Waals surface area contributed by atoms with Crippen molar-refractivity contribution in [3.05, 3.63) is 12.2 Å². The van der Waals surface area contributed by atoms with Crippen LogP contribution in [0.25, 0.3) is 0 Å². The smallest absolute Gasteiger partial charge is 0.334 e. The fraction of sp³-hybridized carbons (Fsp3) is 0.643. The minimum Gasteiger partial charge on any atom is -0.442 e. The Balaban J connectivity index is 2.78. The molecule has 0 radical (unpaired) electrons. The quantitative estimate of drug-likeness (QED) is 0.406. The average Bonchev–Trinajstić information content (AvgIpc) is 2.64. The molecule has 1 aliphatic carbocycles. The van der Waals surface area contributed by atoms with Crippen LogP contribution in [0, 0.1) is 17.8 Å². The first-order valence-corrected chi connectivity index (χ1v) is 5.87. The van der Waals surface area contributed by atoms with Crippen molar-refractivity contribution in [2.24, 2.45) is 5.92 Å². The molecule has 0 saturated heterocycles. The Bertz CT molecular complexity index is 335. The van der Waals surface area contributed by atoms with E-state index in [2.05, 4.69) is 18.4 Å². The third-order valence-corrected chi connectivity index (χ3v) is 2.64. The summed E-state index contributed by atoms with van der Waals surface area (Å²) in [5.41, 5.74) is -0.0991. The highest BCUT2D eigenvalue weighted by molar-refractivity contribution is 5.87. The second kappa shape index (κ2) is 5.21. The molecule has 1 aliphatic rings. The Hall–Kier alpha value is -1.23. The third kappa shape index (κ3) is 3.41. The van der Waals surface area contributed by atoms with E-state index in [1.54, 1.807) is 6.92 Å². The summed E-state index contributed by atoms with van der Waals surface area (Å²) in [4.78, 5) is 11.6. The van der Waals surface area contributed by atoms with Crippen molar-refractivity contribution in [1.82, 2.24) is 0 Å². The zero-order valence-corrected chi connectivity index (χ0v) is 10.4. The fourth-order valence-electron chi connectivity index (χ4n) is 1.74. The molecule has 16 heavy (non-hydrogen) atoms. The first kappa shape index (κ1) is 12.8. The first-order valence-electron chi connectivity index (χ1n) is 5.87. The molecule has 0 aromatic rings. The van der Waals surface area contributed by atoms with Crippen molar-refractivity contribution in [3.63, 3.8) is 0 Å². The van der Waals surface area contributed by atoms with Gasteiger partial charge in [-0.3, -0.25) is 0 Å². The monoisotopic (exact) mass is 220 g/mol. The molecule has 0 bridgehead atoms. The van der Waals surface area contributed by atoms with E-state index in [0.29, 0.717) is 11.5 Å². The number of hydrogen-bond acceptors (Lipinski definition) is 2. The third-order valence-electron chi connectivity index (χ3n) is 2.64. The highest BCUT2D eigenvalue weighted by atomic mass is 16.6. The van der Waals surface area contributed by atoms with Gasteiger partial charge in [-0.1, -0.05) is 32.3 Å². The van der Waals surface area contributed by atoms with E-state index in [4.69, 9.17) is 4.74 Å². The highest BCUT2D eigenvalue weighted by Crippen LogP contribution is 2.33. The minimum absolute atomic E-state index is 0.306. The molecule has 0 aromatic heterocycles. The summed E-state index contributed by atoms with van der Waals surface area (Å²) in [6.45, 7) is 9.34. The van der Waals surface area contributed by atoms with E-state index in [1.165, 1.54) is 0 Å². The summed E-state index contributed by atoms with van der Waals surface area (Å²) in [5, 5.41) is 0. The maximum Gasteiger partial charge on any atom is 0.334 e. The van der Waals surface area contributed by atoms with Crippen molar-refractivity contribution >= 4 is 5.97 Å². The molecule has 2 heteroatoms. The SMILES string of the molecule is C=C(C)C(=O)OC1(C#CC(C)C)CCCC1. The summed E-state index contributed by atoms with van der Waals surface area (Å²) in [6.07, 6.45) is 3.87. The van der Waals surface area contributed by atoms with Gasteiger partial charge in [0, 0.05) is 11.5 Å². The number of carbonyl (C=O) groups excluding carboxylic acids is 1. The Morgan fingerprint density at radius 1 is 1.38 bits per heavy atom. The fourth-order valence-corrected chi connectivity index (χ4v) is 1.74. The molecule has 0 amide bonds. The maximum atomic E-state index is 11.6. The molecule has 0 N–H and O–H groups in total. The summed E-state index contributed by atoms with van der Waals surface area (Å²) in [5.74, 6) is 6.25. The van der Waals surface area contributed by atoms with Crippen LogP contribution in [0.4, 0.5) is 0 Å². The number of carbonyl (C=O) groups is 1. The first-order chi connectivity index (χ1) is 7.45. The second-order valence-corrected chi connectivity index (χ2v) is 4.80. The second-order valence-electron chi connectivity index (χ2n) is 4.80. The van der Waals surface area contributed by atoms with Gasteiger partial charge in [-0.15, -0.1) is 0 Å². The Labute approximate surface area is 98.1 Å². The molecule has 2 nitrogen and oxygen atoms in total. The molecule has 0 atom stereocenters. The summed E-state index contributed by atoms with van der Waals surface area (Å²) >= 11 is 0. The highest BCUT2D eigenvalue weighted by Gasteiger charge is 2.36. The molecule has 88 valence electrons. The zero-order valence-electron chi connectivity index (χ0n) is 10.4. The normalized spacial score (nSPS) is 17.8. The van der Waals surface area contributed by atoms with Crippen molar-refractivity contribution in [3.8, 4) is 11.8 Å². The average molecular weight is 220 g/mol. The van der Waals surface area contributed by atoms with Gasteiger partial charge in [0.05, 0.1) is 0 Å². The van der Waals surface area contributed by atoms with Crippen LogP contribution in [0.2, 0.25) is 0 Å². The van der Waals surface area contributed by atoms with Gasteiger partial charge in [0.15, 0.2) is 5.60 Å². The lowest BCUT2D eigenvalue weighted by atomic mass is 10.0. The predicted molar refractivity (Wildman–Crippen MR) is 64.7 cm³/mol. The molecule has 1 saturated carbocycles. The maximum absolute atomic E-state index is 11.6. The molecule has 0 heterocycles. The molecule has 0 aromatic carbocycles. The Morgan fingerprint density at radius 3 is 2.38 bits per heavy atom. The van der Waals surface area contributed by atoms with Gasteiger partial charge in [-0.05, 0) is 32.6 Å². The van der Waals surface area contributed by atoms with Gasteiger partial charge in [-0.2, -0.15) is 0 Å². The minimum atomic E-state index is -0.541. The summed E-state index contributed by atoms with van der Waals surface area (Å²) in [6, 6.07) is 0. The van der Waals surface area contributed by atoms with Gasteiger partial charge in [0.1, 0.15) is 0 Å². The topological polar surface area (TPSA) is 26.3 Å². The molecular formula is C14H20O2. The van der Waals surface area contributed by atoms with E-state index in [9.17, 15) is 4.79 Å². The van der Waals surface area contributed by atoms with Crippen molar-refractivity contribution in [2.45, 2.75) is 52.1 Å². The van der Waals surface area contributed by atoms with Crippen molar-refractivity contribution in [2.75, 3.05) is 0 Å². The molecule has 0 unspecified atom stereocenters. The van der Waals surface area contributed by atoms with Gasteiger partial charge in [-0.25, -0.2) is 4.79 Å². The number of esters is 1. The number of rotatable bonds is 2. The van der Waals surface area contributed by atoms with E-state index in [0.717, 1.165) is 25.7 Å². The largest absolute Gasteiger partial charge is 0.442 e. The van der Waals surface area contributed by atoms with Crippen LogP contribution in [0.3, 0.4) is 0 Å². The molecule has 1 rings (SSSR count). The van der Waals surface area contributed by atoms with Crippen LogP contribution in [0.1, 0.15) is 46.5 Å². The Kier molecular flexibility index (Phi) is 4.18. The van der Waals surface area contributed by atoms with E-state index in [1.807, 2.05) is 13.8 Å². The summed E-state index contributed by atoms with van der Waals surface area (Å²) in [7, 11) is 0.